The van der Waals surface area contributed by atoms with Gasteiger partial charge < -0.3 is 10.1 Å². The summed E-state index contributed by atoms with van der Waals surface area (Å²) in [4.78, 5) is 11.8. The van der Waals surface area contributed by atoms with E-state index >= 15 is 0 Å². The van der Waals surface area contributed by atoms with Crippen molar-refractivity contribution in [2.45, 2.75) is 37.5 Å². The van der Waals surface area contributed by atoms with E-state index in [0.717, 1.165) is 12.2 Å². The molecule has 96 valence electrons. The van der Waals surface area contributed by atoms with Crippen LogP contribution < -0.4 is 5.32 Å². The molecule has 1 N–H and O–H groups in total. The molecule has 1 aromatic rings. The number of fused-ring (bicyclic) bond motifs is 2. The molecule has 1 aromatic carbocycles. The molecule has 0 saturated heterocycles. The van der Waals surface area contributed by atoms with Gasteiger partial charge in [-0.3, -0.25) is 0 Å². The lowest BCUT2D eigenvalue weighted by Gasteiger charge is -2.33. The Morgan fingerprint density at radius 2 is 2.06 bits per heavy atom. The summed E-state index contributed by atoms with van der Waals surface area (Å²) in [5.74, 6) is -0.243. The van der Waals surface area contributed by atoms with Gasteiger partial charge in [-0.15, -0.1) is 0 Å². The van der Waals surface area contributed by atoms with Crippen molar-refractivity contribution in [2.75, 3.05) is 19.0 Å². The highest BCUT2D eigenvalue weighted by Gasteiger charge is 2.41. The van der Waals surface area contributed by atoms with Crippen LogP contribution in [0.2, 0.25) is 0 Å². The number of anilines is 1. The molecule has 18 heavy (non-hydrogen) atoms. The molecule has 1 fully saturated rings. The van der Waals surface area contributed by atoms with Crippen molar-refractivity contribution >= 4 is 11.7 Å². The van der Waals surface area contributed by atoms with Gasteiger partial charge in [0.25, 0.3) is 0 Å². The number of hydrogen-bond donors (Lipinski definition) is 1. The molecule has 0 radical (unpaired) electrons. The Balaban J connectivity index is 2.04. The predicted molar refractivity (Wildman–Crippen MR) is 71.0 cm³/mol. The number of hydrogen-bond acceptors (Lipinski definition) is 3. The third kappa shape index (κ3) is 1.61. The van der Waals surface area contributed by atoms with Crippen LogP contribution >= 0.6 is 0 Å². The monoisotopic (exact) mass is 245 g/mol. The molecule has 1 aliphatic heterocycles. The van der Waals surface area contributed by atoms with E-state index in [1.807, 2.05) is 12.1 Å². The van der Waals surface area contributed by atoms with E-state index in [0.29, 0.717) is 5.56 Å². The Hall–Kier alpha value is -1.51. The van der Waals surface area contributed by atoms with Crippen molar-refractivity contribution in [3.63, 3.8) is 0 Å². The summed E-state index contributed by atoms with van der Waals surface area (Å²) in [6.45, 7) is 0.969. The number of methoxy groups -OCH3 is 1. The number of rotatable bonds is 1. The van der Waals surface area contributed by atoms with Crippen LogP contribution in [-0.2, 0) is 10.2 Å². The largest absolute Gasteiger partial charge is 0.465 e. The van der Waals surface area contributed by atoms with E-state index in [9.17, 15) is 4.79 Å². The summed E-state index contributed by atoms with van der Waals surface area (Å²) < 4.78 is 4.86. The van der Waals surface area contributed by atoms with Crippen molar-refractivity contribution in [2.24, 2.45) is 0 Å². The van der Waals surface area contributed by atoms with Gasteiger partial charge in [-0.1, -0.05) is 31.4 Å². The highest BCUT2D eigenvalue weighted by atomic mass is 16.5. The molecule has 0 amide bonds. The van der Waals surface area contributed by atoms with Gasteiger partial charge in [0.1, 0.15) is 0 Å². The van der Waals surface area contributed by atoms with Crippen LogP contribution in [0.4, 0.5) is 5.69 Å². The average Bonchev–Trinajstić information content (AvgIpc) is 2.78. The van der Waals surface area contributed by atoms with Crippen LogP contribution in [0.5, 0.6) is 0 Å². The molecule has 0 aromatic heterocycles. The third-order valence-electron chi connectivity index (χ3n) is 4.46. The van der Waals surface area contributed by atoms with E-state index in [4.69, 9.17) is 4.74 Å². The molecule has 0 unspecified atom stereocenters. The molecule has 0 bridgehead atoms. The Labute approximate surface area is 108 Å². The number of nitrogens with one attached hydrogen (secondary N) is 1. The van der Waals surface area contributed by atoms with Crippen molar-refractivity contribution in [3.8, 4) is 0 Å². The zero-order chi connectivity index (χ0) is 12.6. The fourth-order valence-corrected chi connectivity index (χ4v) is 3.49. The molecule has 0 atom stereocenters. The lowest BCUT2D eigenvalue weighted by Crippen LogP contribution is -2.30. The number of esters is 1. The van der Waals surface area contributed by atoms with Crippen molar-refractivity contribution in [1.82, 2.24) is 0 Å². The zero-order valence-corrected chi connectivity index (χ0v) is 10.8. The number of para-hydroxylation sites is 1. The summed E-state index contributed by atoms with van der Waals surface area (Å²) >= 11 is 0. The zero-order valence-electron chi connectivity index (χ0n) is 10.8. The van der Waals surface area contributed by atoms with Gasteiger partial charge in [-0.2, -0.15) is 0 Å². The van der Waals surface area contributed by atoms with Gasteiger partial charge in [0.05, 0.1) is 18.4 Å². The maximum Gasteiger partial charge on any atom is 0.339 e. The average molecular weight is 245 g/mol. The van der Waals surface area contributed by atoms with Crippen LogP contribution in [0, 0.1) is 0 Å². The lowest BCUT2D eigenvalue weighted by atomic mass is 9.70. The Morgan fingerprint density at radius 1 is 1.28 bits per heavy atom. The highest BCUT2D eigenvalue weighted by Crippen LogP contribution is 2.47. The summed E-state index contributed by atoms with van der Waals surface area (Å²) in [7, 11) is 1.44. The van der Waals surface area contributed by atoms with Crippen LogP contribution in [-0.4, -0.2) is 19.6 Å². The minimum absolute atomic E-state index is 0.243. The summed E-state index contributed by atoms with van der Waals surface area (Å²) in [6.07, 6.45) is 6.40. The number of carbonyl (C=O) groups excluding carboxylic acids is 1. The van der Waals surface area contributed by atoms with E-state index in [1.165, 1.54) is 44.8 Å². The van der Waals surface area contributed by atoms with E-state index in [-0.39, 0.29) is 11.4 Å². The first-order chi connectivity index (χ1) is 8.77. The molecule has 3 nitrogen and oxygen atoms in total. The van der Waals surface area contributed by atoms with E-state index < -0.39 is 0 Å². The standard InChI is InChI=1S/C15H19NO2/c1-18-14(17)11-6-5-7-12-13(11)16-10-15(12)8-3-2-4-9-15/h5-7,16H,2-4,8-10H2,1H3. The van der Waals surface area contributed by atoms with Gasteiger partial charge in [-0.25, -0.2) is 4.79 Å². The number of benzene rings is 1. The first-order valence-corrected chi connectivity index (χ1v) is 6.72. The summed E-state index contributed by atoms with van der Waals surface area (Å²) in [5, 5.41) is 3.44. The quantitative estimate of drug-likeness (QED) is 0.773. The van der Waals surface area contributed by atoms with Gasteiger partial charge in [-0.05, 0) is 24.5 Å². The Morgan fingerprint density at radius 3 is 2.78 bits per heavy atom. The Kier molecular flexibility index (Phi) is 2.77. The second-order valence-corrected chi connectivity index (χ2v) is 5.41. The van der Waals surface area contributed by atoms with Crippen LogP contribution in [0.15, 0.2) is 18.2 Å². The number of carbonyl (C=O) groups is 1. The van der Waals surface area contributed by atoms with Gasteiger partial charge in [0.15, 0.2) is 0 Å². The lowest BCUT2D eigenvalue weighted by molar-refractivity contribution is 0.0602. The van der Waals surface area contributed by atoms with Gasteiger partial charge in [0.2, 0.25) is 0 Å². The molecular formula is C15H19NO2. The fourth-order valence-electron chi connectivity index (χ4n) is 3.49. The molecule has 1 aliphatic carbocycles. The summed E-state index contributed by atoms with van der Waals surface area (Å²) in [5.41, 5.74) is 3.27. The topological polar surface area (TPSA) is 38.3 Å². The maximum absolute atomic E-state index is 11.8. The van der Waals surface area contributed by atoms with Gasteiger partial charge >= 0.3 is 5.97 Å². The normalized spacial score (nSPS) is 20.3. The van der Waals surface area contributed by atoms with Crippen LogP contribution in [0.25, 0.3) is 0 Å². The Bertz CT molecular complexity index is 475. The van der Waals surface area contributed by atoms with Crippen LogP contribution in [0.1, 0.15) is 48.0 Å². The molecular weight excluding hydrogens is 226 g/mol. The minimum atomic E-state index is -0.243. The number of ether oxygens (including phenoxy) is 1. The van der Waals surface area contributed by atoms with Crippen LogP contribution in [0.3, 0.4) is 0 Å². The van der Waals surface area contributed by atoms with E-state index in [2.05, 4.69) is 11.4 Å². The maximum atomic E-state index is 11.8. The van der Waals surface area contributed by atoms with Crippen molar-refractivity contribution in [3.05, 3.63) is 29.3 Å². The van der Waals surface area contributed by atoms with Crippen molar-refractivity contribution < 1.29 is 9.53 Å². The molecule has 2 aliphatic rings. The van der Waals surface area contributed by atoms with Crippen molar-refractivity contribution in [1.29, 1.82) is 0 Å². The SMILES string of the molecule is COC(=O)c1cccc2c1NCC21CCCCC1. The van der Waals surface area contributed by atoms with Gasteiger partial charge in [0, 0.05) is 12.0 Å². The smallest absolute Gasteiger partial charge is 0.339 e. The first kappa shape index (κ1) is 11.6. The first-order valence-electron chi connectivity index (χ1n) is 6.72. The second kappa shape index (κ2) is 4.30. The molecule has 3 heteroatoms. The molecule has 1 saturated carbocycles. The molecule has 1 spiro atoms. The molecule has 1 heterocycles. The summed E-state index contributed by atoms with van der Waals surface area (Å²) in [6, 6.07) is 6.00. The fraction of sp³-hybridized carbons (Fsp3) is 0.533. The predicted octanol–water partition coefficient (Wildman–Crippen LogP) is 3.10. The van der Waals surface area contributed by atoms with E-state index in [1.54, 1.807) is 0 Å². The second-order valence-electron chi connectivity index (χ2n) is 5.41. The highest BCUT2D eigenvalue weighted by molar-refractivity contribution is 5.97. The third-order valence-corrected chi connectivity index (χ3v) is 4.46. The minimum Gasteiger partial charge on any atom is -0.465 e. The molecule has 3 rings (SSSR count).